The van der Waals surface area contributed by atoms with Gasteiger partial charge in [0.25, 0.3) is 0 Å². The molecule has 106 valence electrons. The summed E-state index contributed by atoms with van der Waals surface area (Å²) in [7, 11) is 0. The van der Waals surface area contributed by atoms with Gasteiger partial charge in [-0.3, -0.25) is 9.97 Å². The Morgan fingerprint density at radius 2 is 2.00 bits per heavy atom. The van der Waals surface area contributed by atoms with Crippen molar-refractivity contribution >= 4 is 11.6 Å². The molecule has 1 heterocycles. The maximum Gasteiger partial charge on any atom is 0.0759 e. The highest BCUT2D eigenvalue weighted by Gasteiger charge is 2.14. The Bertz CT molecular complexity index is 540. The molecule has 1 unspecified atom stereocenters. The van der Waals surface area contributed by atoms with Gasteiger partial charge in [-0.2, -0.15) is 0 Å². The number of nitrogens with zero attached hydrogens (tertiary/aromatic N) is 2. The molecule has 1 aromatic heterocycles. The molecule has 20 heavy (non-hydrogen) atoms. The summed E-state index contributed by atoms with van der Waals surface area (Å²) in [4.78, 5) is 8.83. The van der Waals surface area contributed by atoms with Crippen molar-refractivity contribution in [2.75, 3.05) is 6.54 Å². The van der Waals surface area contributed by atoms with Crippen LogP contribution in [-0.2, 0) is 6.42 Å². The van der Waals surface area contributed by atoms with Crippen molar-refractivity contribution in [3.8, 4) is 0 Å². The second-order valence-corrected chi connectivity index (χ2v) is 5.29. The number of aryl methyl sites for hydroxylation is 1. The molecule has 0 saturated carbocycles. The number of rotatable bonds is 6. The standard InChI is InChI=1S/C16H20ClN3/c1-3-8-18-15(16-11-19-12(2)10-20-16)9-13-6-4-5-7-14(13)17/h4-7,10-11,15,18H,3,8-9H2,1-2H3. The van der Waals surface area contributed by atoms with Crippen molar-refractivity contribution in [2.24, 2.45) is 0 Å². The second-order valence-electron chi connectivity index (χ2n) is 4.88. The summed E-state index contributed by atoms with van der Waals surface area (Å²) in [5.41, 5.74) is 3.02. The summed E-state index contributed by atoms with van der Waals surface area (Å²) < 4.78 is 0. The van der Waals surface area contributed by atoms with Crippen LogP contribution in [0.2, 0.25) is 5.02 Å². The first kappa shape index (κ1) is 14.9. The highest BCUT2D eigenvalue weighted by molar-refractivity contribution is 6.31. The maximum absolute atomic E-state index is 6.25. The third-order valence-corrected chi connectivity index (χ3v) is 3.55. The SMILES string of the molecule is CCCNC(Cc1ccccc1Cl)c1cnc(C)cn1. The quantitative estimate of drug-likeness (QED) is 0.881. The zero-order chi connectivity index (χ0) is 14.4. The lowest BCUT2D eigenvalue weighted by Gasteiger charge is -2.18. The molecule has 2 aromatic rings. The normalized spacial score (nSPS) is 12.3. The predicted octanol–water partition coefficient (Wildman–Crippen LogP) is 3.72. The van der Waals surface area contributed by atoms with Crippen molar-refractivity contribution in [2.45, 2.75) is 32.7 Å². The molecule has 0 aliphatic heterocycles. The Labute approximate surface area is 125 Å². The van der Waals surface area contributed by atoms with E-state index in [0.717, 1.165) is 41.4 Å². The molecular formula is C16H20ClN3. The monoisotopic (exact) mass is 289 g/mol. The molecule has 0 aliphatic carbocycles. The molecule has 0 amide bonds. The van der Waals surface area contributed by atoms with Gasteiger partial charge in [-0.1, -0.05) is 36.7 Å². The largest absolute Gasteiger partial charge is 0.308 e. The van der Waals surface area contributed by atoms with Crippen LogP contribution < -0.4 is 5.32 Å². The molecular weight excluding hydrogens is 270 g/mol. The van der Waals surface area contributed by atoms with Crippen LogP contribution >= 0.6 is 11.6 Å². The van der Waals surface area contributed by atoms with Crippen LogP contribution in [0.1, 0.15) is 36.3 Å². The van der Waals surface area contributed by atoms with Crippen molar-refractivity contribution in [3.63, 3.8) is 0 Å². The summed E-state index contributed by atoms with van der Waals surface area (Å²) in [6, 6.07) is 8.09. The van der Waals surface area contributed by atoms with Gasteiger partial charge in [0.05, 0.1) is 23.6 Å². The van der Waals surface area contributed by atoms with Crippen LogP contribution in [0.25, 0.3) is 0 Å². The van der Waals surface area contributed by atoms with E-state index in [1.54, 1.807) is 0 Å². The predicted molar refractivity (Wildman–Crippen MR) is 83.0 cm³/mol. The molecule has 0 saturated heterocycles. The van der Waals surface area contributed by atoms with Crippen LogP contribution in [0.3, 0.4) is 0 Å². The van der Waals surface area contributed by atoms with Gasteiger partial charge < -0.3 is 5.32 Å². The van der Waals surface area contributed by atoms with E-state index in [9.17, 15) is 0 Å². The number of hydrogen-bond donors (Lipinski definition) is 1. The Morgan fingerprint density at radius 1 is 1.20 bits per heavy atom. The minimum atomic E-state index is 0.142. The summed E-state index contributed by atoms with van der Waals surface area (Å²) in [6.45, 7) is 5.05. The number of hydrogen-bond acceptors (Lipinski definition) is 3. The minimum absolute atomic E-state index is 0.142. The van der Waals surface area contributed by atoms with Gasteiger partial charge in [-0.25, -0.2) is 0 Å². The number of aromatic nitrogens is 2. The summed E-state index contributed by atoms with van der Waals surface area (Å²) in [5.74, 6) is 0. The fourth-order valence-corrected chi connectivity index (χ4v) is 2.28. The Morgan fingerprint density at radius 3 is 2.65 bits per heavy atom. The first-order valence-electron chi connectivity index (χ1n) is 6.96. The minimum Gasteiger partial charge on any atom is -0.308 e. The third kappa shape index (κ3) is 4.02. The van der Waals surface area contributed by atoms with E-state index in [0.29, 0.717) is 0 Å². The van der Waals surface area contributed by atoms with Crippen LogP contribution in [0.15, 0.2) is 36.7 Å². The smallest absolute Gasteiger partial charge is 0.0759 e. The average molecular weight is 290 g/mol. The number of nitrogens with one attached hydrogen (secondary N) is 1. The first-order chi connectivity index (χ1) is 9.70. The summed E-state index contributed by atoms with van der Waals surface area (Å²) >= 11 is 6.25. The Balaban J connectivity index is 2.19. The van der Waals surface area contributed by atoms with Gasteiger partial charge in [0.15, 0.2) is 0 Å². The van der Waals surface area contributed by atoms with E-state index in [2.05, 4.69) is 28.3 Å². The van der Waals surface area contributed by atoms with Gasteiger partial charge in [-0.05, 0) is 37.9 Å². The van der Waals surface area contributed by atoms with E-state index in [1.807, 2.05) is 37.5 Å². The zero-order valence-electron chi connectivity index (χ0n) is 11.9. The lowest BCUT2D eigenvalue weighted by atomic mass is 10.0. The molecule has 0 bridgehead atoms. The Hall–Kier alpha value is -1.45. The molecule has 1 N–H and O–H groups in total. The average Bonchev–Trinajstić information content (AvgIpc) is 2.46. The topological polar surface area (TPSA) is 37.8 Å². The zero-order valence-corrected chi connectivity index (χ0v) is 12.7. The summed E-state index contributed by atoms with van der Waals surface area (Å²) in [5, 5.41) is 4.32. The highest BCUT2D eigenvalue weighted by atomic mass is 35.5. The van der Waals surface area contributed by atoms with Crippen LogP contribution in [0.4, 0.5) is 0 Å². The molecule has 0 radical (unpaired) electrons. The van der Waals surface area contributed by atoms with Gasteiger partial charge in [0.1, 0.15) is 0 Å². The van der Waals surface area contributed by atoms with E-state index in [-0.39, 0.29) is 6.04 Å². The van der Waals surface area contributed by atoms with Crippen molar-refractivity contribution in [1.82, 2.24) is 15.3 Å². The first-order valence-corrected chi connectivity index (χ1v) is 7.34. The highest BCUT2D eigenvalue weighted by Crippen LogP contribution is 2.22. The van der Waals surface area contributed by atoms with Crippen molar-refractivity contribution in [3.05, 3.63) is 58.6 Å². The molecule has 4 heteroatoms. The molecule has 3 nitrogen and oxygen atoms in total. The van der Waals surface area contributed by atoms with E-state index < -0.39 is 0 Å². The number of benzene rings is 1. The molecule has 0 aliphatic rings. The van der Waals surface area contributed by atoms with E-state index in [1.165, 1.54) is 0 Å². The molecule has 0 spiro atoms. The lowest BCUT2D eigenvalue weighted by Crippen LogP contribution is -2.25. The van der Waals surface area contributed by atoms with Crippen LogP contribution in [0, 0.1) is 6.92 Å². The fraction of sp³-hybridized carbons (Fsp3) is 0.375. The molecule has 0 fully saturated rings. The lowest BCUT2D eigenvalue weighted by molar-refractivity contribution is 0.515. The molecule has 2 rings (SSSR count). The van der Waals surface area contributed by atoms with E-state index in [4.69, 9.17) is 11.6 Å². The second kappa shape index (κ2) is 7.36. The molecule has 1 atom stereocenters. The molecule has 1 aromatic carbocycles. The van der Waals surface area contributed by atoms with Gasteiger partial charge in [0.2, 0.25) is 0 Å². The van der Waals surface area contributed by atoms with Gasteiger partial charge in [0, 0.05) is 11.2 Å². The Kier molecular flexibility index (Phi) is 5.50. The maximum atomic E-state index is 6.25. The van der Waals surface area contributed by atoms with Gasteiger partial charge in [-0.15, -0.1) is 0 Å². The van der Waals surface area contributed by atoms with Gasteiger partial charge >= 0.3 is 0 Å². The van der Waals surface area contributed by atoms with Crippen molar-refractivity contribution < 1.29 is 0 Å². The number of halogens is 1. The third-order valence-electron chi connectivity index (χ3n) is 3.18. The van der Waals surface area contributed by atoms with Crippen LogP contribution in [-0.4, -0.2) is 16.5 Å². The van der Waals surface area contributed by atoms with Crippen LogP contribution in [0.5, 0.6) is 0 Å². The fourth-order valence-electron chi connectivity index (χ4n) is 2.07. The summed E-state index contributed by atoms with van der Waals surface area (Å²) in [6.07, 6.45) is 5.55. The van der Waals surface area contributed by atoms with E-state index >= 15 is 0 Å². The van der Waals surface area contributed by atoms with Crippen molar-refractivity contribution in [1.29, 1.82) is 0 Å².